The Bertz CT molecular complexity index is 1350. The van der Waals surface area contributed by atoms with Crippen LogP contribution < -0.4 is 15.0 Å². The van der Waals surface area contributed by atoms with Gasteiger partial charge in [0.05, 0.1) is 0 Å². The van der Waals surface area contributed by atoms with E-state index >= 15 is 0 Å². The zero-order valence-electron chi connectivity index (χ0n) is 24.5. The maximum absolute atomic E-state index is 13.0. The number of likely N-dealkylation sites (tertiary alicyclic amines) is 1. The van der Waals surface area contributed by atoms with Crippen LogP contribution in [0.4, 0.5) is 18.9 Å². The van der Waals surface area contributed by atoms with Gasteiger partial charge in [-0.1, -0.05) is 67.4 Å². The standard InChI is InChI=1S/C23H24ClF3N2O.C7H7ClN2O.C2H6/c1-28-16-22(21-19(28)5-2-6-20(21)30-23(25,26)27)11-14-29(15-12-22)13-3-4-17-7-9-18(24)10-8-17;8-7-3-6(1-2-10-7)4-9-5-11;1-2/h2-10H,11-16H2,1H3;1-3,5H,4H2,(H,9,11);1-2H3/b4-3+;;. The van der Waals surface area contributed by atoms with Crippen molar-refractivity contribution >= 4 is 41.4 Å². The third-order valence-electron chi connectivity index (χ3n) is 7.25. The predicted molar refractivity (Wildman–Crippen MR) is 168 cm³/mol. The van der Waals surface area contributed by atoms with Crippen molar-refractivity contribution in [3.63, 3.8) is 0 Å². The Hall–Kier alpha value is -3.27. The highest BCUT2D eigenvalue weighted by Crippen LogP contribution is 2.51. The Morgan fingerprint density at radius 3 is 2.40 bits per heavy atom. The van der Waals surface area contributed by atoms with Gasteiger partial charge in [0.1, 0.15) is 10.9 Å². The van der Waals surface area contributed by atoms with Gasteiger partial charge in [0.2, 0.25) is 6.41 Å². The summed E-state index contributed by atoms with van der Waals surface area (Å²) in [6, 6.07) is 16.1. The third kappa shape index (κ3) is 9.88. The second-order valence-electron chi connectivity index (χ2n) is 10.1. The summed E-state index contributed by atoms with van der Waals surface area (Å²) in [5.41, 5.74) is 3.28. The van der Waals surface area contributed by atoms with Crippen molar-refractivity contribution in [3.8, 4) is 5.75 Å². The number of fused-ring (bicyclic) bond motifs is 2. The van der Waals surface area contributed by atoms with Crippen LogP contribution in [0.2, 0.25) is 10.2 Å². The van der Waals surface area contributed by atoms with Gasteiger partial charge in [0, 0.05) is 54.6 Å². The molecule has 0 bridgehead atoms. The summed E-state index contributed by atoms with van der Waals surface area (Å²) in [6.07, 6.45) is 3.35. The van der Waals surface area contributed by atoms with Gasteiger partial charge in [-0.25, -0.2) is 4.98 Å². The summed E-state index contributed by atoms with van der Waals surface area (Å²) >= 11 is 11.5. The zero-order chi connectivity index (χ0) is 31.5. The molecule has 0 aliphatic carbocycles. The molecule has 1 N–H and O–H groups in total. The average molecular weight is 638 g/mol. The molecule has 0 atom stereocenters. The molecular formula is C32H37Cl2F3N4O2. The molecule has 2 aromatic carbocycles. The fourth-order valence-corrected chi connectivity index (χ4v) is 5.72. The van der Waals surface area contributed by atoms with Crippen LogP contribution in [-0.2, 0) is 16.8 Å². The van der Waals surface area contributed by atoms with E-state index in [1.54, 1.807) is 24.4 Å². The van der Waals surface area contributed by atoms with E-state index in [-0.39, 0.29) is 11.2 Å². The molecule has 11 heteroatoms. The number of carbonyl (C=O) groups is 1. The number of benzene rings is 2. The molecule has 5 rings (SSSR count). The van der Waals surface area contributed by atoms with E-state index < -0.39 is 6.36 Å². The number of carbonyl (C=O) groups excluding carboxylic acids is 1. The summed E-state index contributed by atoms with van der Waals surface area (Å²) in [6.45, 7) is 7.68. The van der Waals surface area contributed by atoms with Crippen LogP contribution >= 0.6 is 23.2 Å². The fourth-order valence-electron chi connectivity index (χ4n) is 5.39. The number of nitrogens with one attached hydrogen (secondary N) is 1. The van der Waals surface area contributed by atoms with Gasteiger partial charge in [0.15, 0.2) is 0 Å². The molecule has 3 heterocycles. The van der Waals surface area contributed by atoms with Crippen LogP contribution in [0.15, 0.2) is 66.9 Å². The van der Waals surface area contributed by atoms with Crippen molar-refractivity contribution < 1.29 is 22.7 Å². The number of amides is 1. The largest absolute Gasteiger partial charge is 0.573 e. The van der Waals surface area contributed by atoms with Crippen molar-refractivity contribution in [2.75, 3.05) is 38.1 Å². The molecule has 1 fully saturated rings. The van der Waals surface area contributed by atoms with Crippen LogP contribution in [-0.4, -0.2) is 55.9 Å². The van der Waals surface area contributed by atoms with Gasteiger partial charge >= 0.3 is 6.36 Å². The smallest absolute Gasteiger partial charge is 0.405 e. The monoisotopic (exact) mass is 636 g/mol. The maximum Gasteiger partial charge on any atom is 0.573 e. The van der Waals surface area contributed by atoms with Gasteiger partial charge < -0.3 is 15.0 Å². The number of pyridine rings is 1. The number of ether oxygens (including phenoxy) is 1. The molecular weight excluding hydrogens is 600 g/mol. The number of likely N-dealkylation sites (N-methyl/N-ethyl adjacent to an activating group) is 1. The normalized spacial score (nSPS) is 15.7. The average Bonchev–Trinajstić information content (AvgIpc) is 3.26. The first-order valence-electron chi connectivity index (χ1n) is 14.1. The van der Waals surface area contributed by atoms with E-state index in [1.165, 1.54) is 6.07 Å². The van der Waals surface area contributed by atoms with E-state index in [4.69, 9.17) is 23.2 Å². The Morgan fingerprint density at radius 2 is 1.77 bits per heavy atom. The molecule has 2 aliphatic heterocycles. The Morgan fingerprint density at radius 1 is 1.07 bits per heavy atom. The quantitative estimate of drug-likeness (QED) is 0.212. The number of hydrogen-bond acceptors (Lipinski definition) is 5. The number of rotatable bonds is 7. The lowest BCUT2D eigenvalue weighted by Gasteiger charge is -2.40. The summed E-state index contributed by atoms with van der Waals surface area (Å²) in [4.78, 5) is 18.1. The lowest BCUT2D eigenvalue weighted by molar-refractivity contribution is -0.275. The van der Waals surface area contributed by atoms with E-state index in [2.05, 4.69) is 37.0 Å². The van der Waals surface area contributed by atoms with Crippen molar-refractivity contribution in [1.29, 1.82) is 0 Å². The molecule has 6 nitrogen and oxygen atoms in total. The van der Waals surface area contributed by atoms with E-state index in [9.17, 15) is 18.0 Å². The van der Waals surface area contributed by atoms with Gasteiger partial charge in [-0.05, 0) is 73.5 Å². The van der Waals surface area contributed by atoms with Gasteiger partial charge in [-0.2, -0.15) is 0 Å². The second kappa shape index (κ2) is 16.0. The minimum Gasteiger partial charge on any atom is -0.405 e. The molecule has 1 amide bonds. The predicted octanol–water partition coefficient (Wildman–Crippen LogP) is 7.74. The van der Waals surface area contributed by atoms with Crippen molar-refractivity contribution in [1.82, 2.24) is 15.2 Å². The van der Waals surface area contributed by atoms with Crippen LogP contribution in [0, 0.1) is 0 Å². The molecule has 232 valence electrons. The topological polar surface area (TPSA) is 57.7 Å². The number of nitrogens with zero attached hydrogens (tertiary/aromatic N) is 3. The molecule has 0 saturated carbocycles. The number of piperidine rings is 1. The van der Waals surface area contributed by atoms with E-state index in [1.807, 2.05) is 51.2 Å². The van der Waals surface area contributed by atoms with Crippen LogP contribution in [0.25, 0.3) is 6.08 Å². The zero-order valence-corrected chi connectivity index (χ0v) is 26.0. The minimum absolute atomic E-state index is 0.0552. The number of anilines is 1. The first kappa shape index (κ1) is 34.2. The number of hydrogen-bond donors (Lipinski definition) is 1. The molecule has 43 heavy (non-hydrogen) atoms. The van der Waals surface area contributed by atoms with E-state index in [0.717, 1.165) is 55.8 Å². The molecule has 2 aliphatic rings. The second-order valence-corrected chi connectivity index (χ2v) is 10.9. The van der Waals surface area contributed by atoms with Gasteiger partial charge in [-0.3, -0.25) is 9.69 Å². The van der Waals surface area contributed by atoms with Crippen molar-refractivity contribution in [3.05, 3.63) is 93.7 Å². The van der Waals surface area contributed by atoms with Crippen molar-refractivity contribution in [2.45, 2.75) is 45.0 Å². The summed E-state index contributed by atoms with van der Waals surface area (Å²) in [5.74, 6) is -0.0552. The fraction of sp³-hybridized carbons (Fsp3) is 0.375. The molecule has 1 aromatic heterocycles. The minimum atomic E-state index is -4.69. The lowest BCUT2D eigenvalue weighted by Crippen LogP contribution is -2.45. The molecule has 1 saturated heterocycles. The number of halogens is 5. The van der Waals surface area contributed by atoms with Crippen LogP contribution in [0.1, 0.15) is 43.4 Å². The lowest BCUT2D eigenvalue weighted by atomic mass is 9.74. The summed E-state index contributed by atoms with van der Waals surface area (Å²) < 4.78 is 43.3. The Kier molecular flexibility index (Phi) is 12.7. The Labute approximate surface area is 261 Å². The first-order chi connectivity index (χ1) is 20.6. The number of aromatic nitrogens is 1. The highest BCUT2D eigenvalue weighted by molar-refractivity contribution is 6.30. The molecule has 0 radical (unpaired) electrons. The molecule has 1 spiro atoms. The molecule has 0 unspecified atom stereocenters. The maximum atomic E-state index is 13.0. The van der Waals surface area contributed by atoms with E-state index in [0.29, 0.717) is 28.7 Å². The summed E-state index contributed by atoms with van der Waals surface area (Å²) in [7, 11) is 1.94. The van der Waals surface area contributed by atoms with Crippen LogP contribution in [0.5, 0.6) is 5.75 Å². The summed E-state index contributed by atoms with van der Waals surface area (Å²) in [5, 5.41) is 3.68. The Balaban J connectivity index is 0.000000327. The van der Waals surface area contributed by atoms with Gasteiger partial charge in [-0.15, -0.1) is 13.2 Å². The first-order valence-corrected chi connectivity index (χ1v) is 14.9. The number of alkyl halides is 3. The van der Waals surface area contributed by atoms with Crippen molar-refractivity contribution in [2.24, 2.45) is 0 Å². The SMILES string of the molecule is CC.CN1CC2(CCN(C/C=C/c3ccc(Cl)cc3)CC2)c2c(OC(F)(F)F)cccc21.O=CNCc1ccnc(Cl)c1. The third-order valence-corrected chi connectivity index (χ3v) is 7.71. The highest BCUT2D eigenvalue weighted by Gasteiger charge is 2.47. The van der Waals surface area contributed by atoms with Gasteiger partial charge in [0.25, 0.3) is 0 Å². The molecule has 3 aromatic rings. The highest BCUT2D eigenvalue weighted by atomic mass is 35.5. The van der Waals surface area contributed by atoms with Crippen LogP contribution in [0.3, 0.4) is 0 Å².